The predicted octanol–water partition coefficient (Wildman–Crippen LogP) is 1.81. The van der Waals surface area contributed by atoms with Crippen LogP contribution < -0.4 is 4.72 Å². The molecule has 0 amide bonds. The highest BCUT2D eigenvalue weighted by molar-refractivity contribution is 7.89. The highest BCUT2D eigenvalue weighted by atomic mass is 32.2. The first-order chi connectivity index (χ1) is 10.9. The van der Waals surface area contributed by atoms with Gasteiger partial charge in [-0.15, -0.1) is 0 Å². The number of benzene rings is 1. The summed E-state index contributed by atoms with van der Waals surface area (Å²) in [6, 6.07) is 4.63. The zero-order valence-corrected chi connectivity index (χ0v) is 13.9. The van der Waals surface area contributed by atoms with Crippen molar-refractivity contribution in [1.82, 2.24) is 9.62 Å². The highest BCUT2D eigenvalue weighted by Crippen LogP contribution is 2.29. The molecule has 1 aliphatic heterocycles. The van der Waals surface area contributed by atoms with Crippen LogP contribution in [0.3, 0.4) is 0 Å². The summed E-state index contributed by atoms with van der Waals surface area (Å²) in [5, 5.41) is 11.0. The molecule has 3 rings (SSSR count). The number of nitrogens with one attached hydrogen (secondary N) is 1. The van der Waals surface area contributed by atoms with Crippen molar-refractivity contribution in [2.24, 2.45) is 0 Å². The summed E-state index contributed by atoms with van der Waals surface area (Å²) >= 11 is 0. The minimum atomic E-state index is -3.73. The van der Waals surface area contributed by atoms with Gasteiger partial charge in [-0.05, 0) is 51.8 Å². The molecule has 2 aliphatic rings. The summed E-state index contributed by atoms with van der Waals surface area (Å²) in [6.45, 7) is 3.41. The minimum absolute atomic E-state index is 0.0422. The van der Waals surface area contributed by atoms with E-state index in [1.807, 2.05) is 0 Å². The van der Waals surface area contributed by atoms with E-state index in [9.17, 15) is 18.5 Å². The number of hydrogen-bond donors (Lipinski definition) is 1. The molecule has 1 aromatic rings. The lowest BCUT2D eigenvalue weighted by Gasteiger charge is -2.32. The topological polar surface area (TPSA) is 92.6 Å². The molecule has 8 heteroatoms. The van der Waals surface area contributed by atoms with Gasteiger partial charge in [0.25, 0.3) is 5.69 Å². The molecule has 1 saturated heterocycles. The highest BCUT2D eigenvalue weighted by Gasteiger charge is 2.33. The Labute approximate surface area is 135 Å². The molecule has 1 heterocycles. The Kier molecular flexibility index (Phi) is 4.39. The average Bonchev–Trinajstić information content (AvgIpc) is 3.32. The van der Waals surface area contributed by atoms with Crippen LogP contribution in [0.1, 0.15) is 31.2 Å². The monoisotopic (exact) mass is 339 g/mol. The van der Waals surface area contributed by atoms with Crippen molar-refractivity contribution in [3.05, 3.63) is 33.9 Å². The van der Waals surface area contributed by atoms with E-state index in [4.69, 9.17) is 0 Å². The van der Waals surface area contributed by atoms with Gasteiger partial charge in [-0.1, -0.05) is 6.07 Å². The molecule has 7 nitrogen and oxygen atoms in total. The van der Waals surface area contributed by atoms with Gasteiger partial charge in [0.1, 0.15) is 0 Å². The zero-order chi connectivity index (χ0) is 16.6. The Bertz CT molecular complexity index is 707. The van der Waals surface area contributed by atoms with Crippen LogP contribution in [0.2, 0.25) is 0 Å². The van der Waals surface area contributed by atoms with Gasteiger partial charge in [0.2, 0.25) is 10.0 Å². The van der Waals surface area contributed by atoms with Crippen molar-refractivity contribution in [1.29, 1.82) is 0 Å². The molecule has 0 radical (unpaired) electrons. The van der Waals surface area contributed by atoms with Crippen LogP contribution in [0.15, 0.2) is 23.1 Å². The van der Waals surface area contributed by atoms with E-state index in [2.05, 4.69) is 9.62 Å². The summed E-state index contributed by atoms with van der Waals surface area (Å²) in [5.41, 5.74) is 0.281. The van der Waals surface area contributed by atoms with E-state index in [0.717, 1.165) is 32.0 Å². The van der Waals surface area contributed by atoms with E-state index < -0.39 is 14.9 Å². The SMILES string of the molecule is Cc1ccc(S(=O)(=O)NC2CCN(C3CC3)CC2)cc1[N+](=O)[O-]. The maximum atomic E-state index is 12.5. The fourth-order valence-corrected chi connectivity index (χ4v) is 4.39. The lowest BCUT2D eigenvalue weighted by Crippen LogP contribution is -2.45. The van der Waals surface area contributed by atoms with Gasteiger partial charge in [0, 0.05) is 23.7 Å². The summed E-state index contributed by atoms with van der Waals surface area (Å²) in [4.78, 5) is 12.8. The molecule has 1 saturated carbocycles. The zero-order valence-electron chi connectivity index (χ0n) is 13.1. The first kappa shape index (κ1) is 16.4. The van der Waals surface area contributed by atoms with Gasteiger partial charge in [-0.3, -0.25) is 10.1 Å². The summed E-state index contributed by atoms with van der Waals surface area (Å²) < 4.78 is 27.6. The Morgan fingerprint density at radius 2 is 1.87 bits per heavy atom. The molecule has 0 aromatic heterocycles. The van der Waals surface area contributed by atoms with Gasteiger partial charge in [0.15, 0.2) is 0 Å². The van der Waals surface area contributed by atoms with Gasteiger partial charge < -0.3 is 4.90 Å². The second-order valence-electron chi connectivity index (χ2n) is 6.37. The minimum Gasteiger partial charge on any atom is -0.300 e. The van der Waals surface area contributed by atoms with Crippen molar-refractivity contribution < 1.29 is 13.3 Å². The number of nitrogens with zero attached hydrogens (tertiary/aromatic N) is 2. The quantitative estimate of drug-likeness (QED) is 0.652. The first-order valence-electron chi connectivity index (χ1n) is 7.88. The van der Waals surface area contributed by atoms with Crippen LogP contribution in [0.25, 0.3) is 0 Å². The molecular formula is C15H21N3O4S. The van der Waals surface area contributed by atoms with Gasteiger partial charge in [-0.25, -0.2) is 13.1 Å². The summed E-state index contributed by atoms with van der Waals surface area (Å²) in [6.07, 6.45) is 4.07. The van der Waals surface area contributed by atoms with Crippen molar-refractivity contribution in [2.45, 2.75) is 49.6 Å². The lowest BCUT2D eigenvalue weighted by molar-refractivity contribution is -0.385. The third kappa shape index (κ3) is 3.70. The molecule has 1 N–H and O–H groups in total. The van der Waals surface area contributed by atoms with Crippen molar-refractivity contribution in [3.63, 3.8) is 0 Å². The number of likely N-dealkylation sites (tertiary alicyclic amines) is 1. The van der Waals surface area contributed by atoms with Crippen LogP contribution in [-0.4, -0.2) is 43.4 Å². The summed E-state index contributed by atoms with van der Waals surface area (Å²) in [7, 11) is -3.73. The molecule has 126 valence electrons. The van der Waals surface area contributed by atoms with Gasteiger partial charge >= 0.3 is 0 Å². The average molecular weight is 339 g/mol. The number of rotatable bonds is 5. The smallest absolute Gasteiger partial charge is 0.273 e. The van der Waals surface area contributed by atoms with Crippen LogP contribution >= 0.6 is 0 Å². The molecule has 0 bridgehead atoms. The molecule has 2 fully saturated rings. The van der Waals surface area contributed by atoms with Crippen LogP contribution in [0.5, 0.6) is 0 Å². The Hall–Kier alpha value is -1.51. The molecule has 1 aliphatic carbocycles. The number of hydrogen-bond acceptors (Lipinski definition) is 5. The van der Waals surface area contributed by atoms with Crippen LogP contribution in [0, 0.1) is 17.0 Å². The molecule has 0 unspecified atom stereocenters. The van der Waals surface area contributed by atoms with E-state index in [1.54, 1.807) is 6.92 Å². The van der Waals surface area contributed by atoms with E-state index >= 15 is 0 Å². The molecule has 0 atom stereocenters. The van der Waals surface area contributed by atoms with Gasteiger partial charge in [0.05, 0.1) is 9.82 Å². The third-order valence-electron chi connectivity index (χ3n) is 4.60. The van der Waals surface area contributed by atoms with Crippen molar-refractivity contribution >= 4 is 15.7 Å². The Morgan fingerprint density at radius 1 is 1.22 bits per heavy atom. The molecular weight excluding hydrogens is 318 g/mol. The van der Waals surface area contributed by atoms with E-state index in [-0.39, 0.29) is 16.6 Å². The summed E-state index contributed by atoms with van der Waals surface area (Å²) in [5.74, 6) is 0. The van der Waals surface area contributed by atoms with E-state index in [1.165, 1.54) is 25.0 Å². The van der Waals surface area contributed by atoms with E-state index in [0.29, 0.717) is 11.6 Å². The Morgan fingerprint density at radius 3 is 2.43 bits per heavy atom. The number of nitro benzene ring substituents is 1. The maximum Gasteiger partial charge on any atom is 0.273 e. The van der Waals surface area contributed by atoms with Crippen molar-refractivity contribution in [2.75, 3.05) is 13.1 Å². The maximum absolute atomic E-state index is 12.5. The van der Waals surface area contributed by atoms with Crippen molar-refractivity contribution in [3.8, 4) is 0 Å². The molecule has 23 heavy (non-hydrogen) atoms. The number of aryl methyl sites for hydroxylation is 1. The Balaban J connectivity index is 1.69. The number of sulfonamides is 1. The molecule has 0 spiro atoms. The normalized spacial score (nSPS) is 20.6. The number of piperidine rings is 1. The van der Waals surface area contributed by atoms with Gasteiger partial charge in [-0.2, -0.15) is 0 Å². The first-order valence-corrected chi connectivity index (χ1v) is 9.36. The second kappa shape index (κ2) is 6.18. The lowest BCUT2D eigenvalue weighted by atomic mass is 10.1. The molecule has 1 aromatic carbocycles. The predicted molar refractivity (Wildman–Crippen MR) is 85.8 cm³/mol. The fraction of sp³-hybridized carbons (Fsp3) is 0.600. The second-order valence-corrected chi connectivity index (χ2v) is 8.08. The third-order valence-corrected chi connectivity index (χ3v) is 6.12. The number of nitro groups is 1. The fourth-order valence-electron chi connectivity index (χ4n) is 3.06. The largest absolute Gasteiger partial charge is 0.300 e. The standard InChI is InChI=1S/C15H21N3O4S/c1-11-2-5-14(10-15(11)18(19)20)23(21,22)16-12-6-8-17(9-7-12)13-3-4-13/h2,5,10,12-13,16H,3-4,6-9H2,1H3. The van der Waals surface area contributed by atoms with Crippen LogP contribution in [-0.2, 0) is 10.0 Å². The van der Waals surface area contributed by atoms with Crippen LogP contribution in [0.4, 0.5) is 5.69 Å².